The van der Waals surface area contributed by atoms with E-state index in [1.165, 1.54) is 6.21 Å². The lowest BCUT2D eigenvalue weighted by Crippen LogP contribution is -2.46. The van der Waals surface area contributed by atoms with Crippen LogP contribution in [0.4, 0.5) is 0 Å². The maximum absolute atomic E-state index is 12.9. The second-order valence-electron chi connectivity index (χ2n) is 9.18. The van der Waals surface area contributed by atoms with Gasteiger partial charge in [-0.1, -0.05) is 54.7 Å². The largest absolute Gasteiger partial charge is 0.490 e. The standard InChI is InChI=1S/C29H29BrCl3N3O4/c1-4-39-26-13-18(12-23(30)27(26)40-16-20-7-10-22(32)14-24(20)33)15-34-36-29(38)25(11-17(2)3)35-28(37)19-5-8-21(31)9-6-19/h5-10,12-15,17,25H,4,11,16H2,1-3H3,(H,35,37)(H,36,38). The topological polar surface area (TPSA) is 89.0 Å². The van der Waals surface area contributed by atoms with Crippen molar-refractivity contribution in [1.82, 2.24) is 10.7 Å². The van der Waals surface area contributed by atoms with Crippen LogP contribution in [0.5, 0.6) is 11.5 Å². The second kappa shape index (κ2) is 15.3. The molecule has 0 aliphatic carbocycles. The summed E-state index contributed by atoms with van der Waals surface area (Å²) in [7, 11) is 0. The van der Waals surface area contributed by atoms with Crippen molar-refractivity contribution in [2.45, 2.75) is 39.8 Å². The van der Waals surface area contributed by atoms with Gasteiger partial charge < -0.3 is 14.8 Å². The highest BCUT2D eigenvalue weighted by atomic mass is 79.9. The molecule has 0 saturated heterocycles. The highest BCUT2D eigenvalue weighted by Crippen LogP contribution is 2.37. The van der Waals surface area contributed by atoms with Gasteiger partial charge in [0.05, 0.1) is 17.3 Å². The first kappa shape index (κ1) is 31.7. The van der Waals surface area contributed by atoms with E-state index in [0.717, 1.165) is 5.56 Å². The van der Waals surface area contributed by atoms with Crippen LogP contribution in [0, 0.1) is 5.92 Å². The van der Waals surface area contributed by atoms with Gasteiger partial charge in [-0.25, -0.2) is 5.43 Å². The minimum absolute atomic E-state index is 0.158. The molecule has 0 radical (unpaired) electrons. The number of carbonyl (C=O) groups excluding carboxylic acids is 2. The molecule has 7 nitrogen and oxygen atoms in total. The molecule has 0 saturated carbocycles. The normalized spacial score (nSPS) is 11.9. The van der Waals surface area contributed by atoms with Gasteiger partial charge in [-0.2, -0.15) is 5.10 Å². The van der Waals surface area contributed by atoms with Crippen LogP contribution in [-0.4, -0.2) is 30.7 Å². The first-order valence-corrected chi connectivity index (χ1v) is 14.4. The van der Waals surface area contributed by atoms with E-state index in [1.807, 2.05) is 20.8 Å². The van der Waals surface area contributed by atoms with E-state index in [4.69, 9.17) is 44.3 Å². The number of rotatable bonds is 12. The van der Waals surface area contributed by atoms with Gasteiger partial charge in [-0.15, -0.1) is 0 Å². The Bertz CT molecular complexity index is 1370. The molecule has 40 heavy (non-hydrogen) atoms. The zero-order valence-electron chi connectivity index (χ0n) is 22.1. The number of hydrogen-bond acceptors (Lipinski definition) is 5. The lowest BCUT2D eigenvalue weighted by Gasteiger charge is -2.19. The Labute approximate surface area is 257 Å². The maximum Gasteiger partial charge on any atom is 0.262 e. The molecule has 0 spiro atoms. The van der Waals surface area contributed by atoms with Crippen LogP contribution in [0.3, 0.4) is 0 Å². The molecule has 1 unspecified atom stereocenters. The molecule has 3 aromatic carbocycles. The minimum Gasteiger partial charge on any atom is -0.490 e. The predicted octanol–water partition coefficient (Wildman–Crippen LogP) is 7.68. The third-order valence-corrected chi connectivity index (χ3v) is 6.97. The molecule has 2 N–H and O–H groups in total. The Kier molecular flexibility index (Phi) is 12.1. The van der Waals surface area contributed by atoms with E-state index in [9.17, 15) is 9.59 Å². The number of benzene rings is 3. The summed E-state index contributed by atoms with van der Waals surface area (Å²) in [6.45, 7) is 6.41. The summed E-state index contributed by atoms with van der Waals surface area (Å²) in [5.41, 5.74) is 4.36. The van der Waals surface area contributed by atoms with Gasteiger partial charge in [0.2, 0.25) is 0 Å². The molecule has 0 heterocycles. The number of halogens is 4. The SMILES string of the molecule is CCOc1cc(C=NNC(=O)C(CC(C)C)NC(=O)c2ccc(Cl)cc2)cc(Br)c1OCc1ccc(Cl)cc1Cl. The Morgan fingerprint density at radius 1 is 1.00 bits per heavy atom. The first-order chi connectivity index (χ1) is 19.1. The molecule has 1 atom stereocenters. The van der Waals surface area contributed by atoms with Crippen LogP contribution >= 0.6 is 50.7 Å². The molecule has 212 valence electrons. The molecule has 0 aliphatic heterocycles. The van der Waals surface area contributed by atoms with Crippen LogP contribution in [0.1, 0.15) is 48.7 Å². The van der Waals surface area contributed by atoms with E-state index >= 15 is 0 Å². The van der Waals surface area contributed by atoms with Gasteiger partial charge >= 0.3 is 0 Å². The fraction of sp³-hybridized carbons (Fsp3) is 0.276. The fourth-order valence-electron chi connectivity index (χ4n) is 3.65. The number of hydrazone groups is 1. The van der Waals surface area contributed by atoms with Crippen LogP contribution in [0.25, 0.3) is 0 Å². The lowest BCUT2D eigenvalue weighted by atomic mass is 10.0. The molecular formula is C29H29BrCl3N3O4. The lowest BCUT2D eigenvalue weighted by molar-refractivity contribution is -0.123. The summed E-state index contributed by atoms with van der Waals surface area (Å²) in [5, 5.41) is 8.45. The second-order valence-corrected chi connectivity index (χ2v) is 11.3. The molecule has 0 fully saturated rings. The van der Waals surface area contributed by atoms with E-state index < -0.39 is 11.9 Å². The number of nitrogens with zero attached hydrogens (tertiary/aromatic N) is 1. The van der Waals surface area contributed by atoms with Crippen LogP contribution < -0.4 is 20.2 Å². The van der Waals surface area contributed by atoms with Crippen molar-refractivity contribution in [3.8, 4) is 11.5 Å². The van der Waals surface area contributed by atoms with E-state index in [-0.39, 0.29) is 18.4 Å². The quantitative estimate of drug-likeness (QED) is 0.153. The van der Waals surface area contributed by atoms with E-state index in [2.05, 4.69) is 31.8 Å². The van der Waals surface area contributed by atoms with Crippen molar-refractivity contribution in [2.24, 2.45) is 11.0 Å². The summed E-state index contributed by atoms with van der Waals surface area (Å²) in [6.07, 6.45) is 1.92. The number of amides is 2. The Balaban J connectivity index is 1.70. The molecule has 3 rings (SSSR count). The van der Waals surface area contributed by atoms with Gasteiger partial charge in [0.1, 0.15) is 12.6 Å². The summed E-state index contributed by atoms with van der Waals surface area (Å²) < 4.78 is 12.4. The van der Waals surface area contributed by atoms with E-state index in [0.29, 0.717) is 55.2 Å². The predicted molar refractivity (Wildman–Crippen MR) is 164 cm³/mol. The average molecular weight is 670 g/mol. The number of ether oxygens (including phenoxy) is 2. The Morgan fingerprint density at radius 3 is 2.35 bits per heavy atom. The van der Waals surface area contributed by atoms with Crippen molar-refractivity contribution < 1.29 is 19.1 Å². The van der Waals surface area contributed by atoms with Crippen LogP contribution in [0.2, 0.25) is 15.1 Å². The average Bonchev–Trinajstić information content (AvgIpc) is 2.89. The molecule has 0 bridgehead atoms. The van der Waals surface area contributed by atoms with Gasteiger partial charge in [0.25, 0.3) is 11.8 Å². The number of carbonyl (C=O) groups is 2. The smallest absolute Gasteiger partial charge is 0.262 e. The zero-order chi connectivity index (χ0) is 29.2. The first-order valence-electron chi connectivity index (χ1n) is 12.5. The Hall–Kier alpha value is -2.78. The third kappa shape index (κ3) is 9.41. The van der Waals surface area contributed by atoms with Gasteiger partial charge in [0, 0.05) is 26.2 Å². The minimum atomic E-state index is -0.776. The van der Waals surface area contributed by atoms with Crippen LogP contribution in [0.15, 0.2) is 64.2 Å². The van der Waals surface area contributed by atoms with Crippen molar-refractivity contribution in [1.29, 1.82) is 0 Å². The molecular weight excluding hydrogens is 641 g/mol. The third-order valence-electron chi connectivity index (χ3n) is 5.54. The summed E-state index contributed by atoms with van der Waals surface area (Å²) in [4.78, 5) is 25.6. The fourth-order valence-corrected chi connectivity index (χ4v) is 4.81. The zero-order valence-corrected chi connectivity index (χ0v) is 26.0. The van der Waals surface area contributed by atoms with Crippen molar-refractivity contribution >= 4 is 68.8 Å². The maximum atomic E-state index is 12.9. The highest BCUT2D eigenvalue weighted by molar-refractivity contribution is 9.10. The highest BCUT2D eigenvalue weighted by Gasteiger charge is 2.22. The Morgan fingerprint density at radius 2 is 1.70 bits per heavy atom. The van der Waals surface area contributed by atoms with E-state index in [1.54, 1.807) is 54.6 Å². The molecule has 0 aliphatic rings. The molecule has 11 heteroatoms. The summed E-state index contributed by atoms with van der Waals surface area (Å²) in [5.74, 6) is 0.335. The van der Waals surface area contributed by atoms with Gasteiger partial charge in [0.15, 0.2) is 11.5 Å². The van der Waals surface area contributed by atoms with Crippen molar-refractivity contribution in [3.05, 3.63) is 90.8 Å². The molecule has 3 aromatic rings. The monoisotopic (exact) mass is 667 g/mol. The molecule has 2 amide bonds. The summed E-state index contributed by atoms with van der Waals surface area (Å²) >= 11 is 21.7. The summed E-state index contributed by atoms with van der Waals surface area (Å²) in [6, 6.07) is 14.4. The van der Waals surface area contributed by atoms with Crippen molar-refractivity contribution in [3.63, 3.8) is 0 Å². The van der Waals surface area contributed by atoms with Gasteiger partial charge in [-0.3, -0.25) is 9.59 Å². The van der Waals surface area contributed by atoms with Crippen molar-refractivity contribution in [2.75, 3.05) is 6.61 Å². The molecule has 0 aromatic heterocycles. The number of nitrogens with one attached hydrogen (secondary N) is 2. The van der Waals surface area contributed by atoms with Crippen LogP contribution in [-0.2, 0) is 11.4 Å². The number of hydrogen-bond donors (Lipinski definition) is 2. The van der Waals surface area contributed by atoms with Gasteiger partial charge in [-0.05, 0) is 89.3 Å².